The number of rotatable bonds is 2. The van der Waals surface area contributed by atoms with E-state index in [2.05, 4.69) is 15.0 Å². The quantitative estimate of drug-likeness (QED) is 0.768. The Morgan fingerprint density at radius 3 is 2.94 bits per heavy atom. The van der Waals surface area contributed by atoms with Gasteiger partial charge in [-0.1, -0.05) is 11.6 Å². The number of imidazole rings is 1. The van der Waals surface area contributed by atoms with Crippen molar-refractivity contribution in [3.8, 4) is 17.1 Å². The van der Waals surface area contributed by atoms with E-state index < -0.39 is 0 Å². The molecule has 0 aliphatic heterocycles. The van der Waals surface area contributed by atoms with Crippen LogP contribution in [-0.2, 0) is 0 Å². The number of hydrogen-bond acceptors (Lipinski definition) is 3. The number of nitrogens with zero attached hydrogens (tertiary/aromatic N) is 2. The number of hydrogen-bond donors (Lipinski definition) is 1. The predicted molar refractivity (Wildman–Crippen MR) is 70.9 cm³/mol. The summed E-state index contributed by atoms with van der Waals surface area (Å²) in [4.78, 5) is 11.8. The van der Waals surface area contributed by atoms with Crippen LogP contribution >= 0.6 is 11.6 Å². The molecule has 3 rings (SSSR count). The van der Waals surface area contributed by atoms with Gasteiger partial charge in [0.15, 0.2) is 0 Å². The molecule has 0 bridgehead atoms. The Hall–Kier alpha value is -2.07. The first-order valence-corrected chi connectivity index (χ1v) is 5.79. The molecule has 3 aromatic rings. The van der Waals surface area contributed by atoms with Crippen molar-refractivity contribution in [2.75, 3.05) is 7.11 Å². The smallest absolute Gasteiger partial charge is 0.142 e. The minimum absolute atomic E-state index is 0.643. The molecule has 5 heteroatoms. The number of halogens is 1. The van der Waals surface area contributed by atoms with E-state index in [-0.39, 0.29) is 0 Å². The number of pyridine rings is 1. The normalized spacial score (nSPS) is 10.8. The molecule has 0 unspecified atom stereocenters. The SMILES string of the molecule is COc1ccc(Cl)cc1-c1nc2ccncc2[nH]1. The number of aromatic nitrogens is 3. The topological polar surface area (TPSA) is 50.8 Å². The summed E-state index contributed by atoms with van der Waals surface area (Å²) in [6.45, 7) is 0. The summed E-state index contributed by atoms with van der Waals surface area (Å²) in [5.41, 5.74) is 2.58. The van der Waals surface area contributed by atoms with Crippen LogP contribution in [0.3, 0.4) is 0 Å². The summed E-state index contributed by atoms with van der Waals surface area (Å²) in [6, 6.07) is 7.29. The highest BCUT2D eigenvalue weighted by molar-refractivity contribution is 6.30. The first-order valence-electron chi connectivity index (χ1n) is 5.41. The molecular formula is C13H10ClN3O. The summed E-state index contributed by atoms with van der Waals surface area (Å²) >= 11 is 6.01. The van der Waals surface area contributed by atoms with Gasteiger partial charge in [0.1, 0.15) is 11.6 Å². The average Bonchev–Trinajstić information content (AvgIpc) is 2.82. The molecule has 0 amide bonds. The lowest BCUT2D eigenvalue weighted by Crippen LogP contribution is -1.89. The molecule has 18 heavy (non-hydrogen) atoms. The molecule has 4 nitrogen and oxygen atoms in total. The van der Waals surface area contributed by atoms with Crippen LogP contribution < -0.4 is 4.74 Å². The molecule has 1 N–H and O–H groups in total. The van der Waals surface area contributed by atoms with Crippen LogP contribution in [0.25, 0.3) is 22.4 Å². The molecule has 0 fully saturated rings. The van der Waals surface area contributed by atoms with E-state index in [0.29, 0.717) is 5.02 Å². The van der Waals surface area contributed by atoms with Gasteiger partial charge in [-0.2, -0.15) is 0 Å². The van der Waals surface area contributed by atoms with Crippen molar-refractivity contribution in [1.29, 1.82) is 0 Å². The molecule has 0 saturated heterocycles. The summed E-state index contributed by atoms with van der Waals surface area (Å²) < 4.78 is 5.32. The number of benzene rings is 1. The second-order valence-electron chi connectivity index (χ2n) is 3.82. The van der Waals surface area contributed by atoms with E-state index in [1.54, 1.807) is 25.6 Å². The molecule has 1 aromatic carbocycles. The third-order valence-corrected chi connectivity index (χ3v) is 2.94. The molecule has 2 heterocycles. The molecule has 90 valence electrons. The van der Waals surface area contributed by atoms with Gasteiger partial charge in [0.2, 0.25) is 0 Å². The number of aromatic amines is 1. The van der Waals surface area contributed by atoms with Crippen molar-refractivity contribution in [2.24, 2.45) is 0 Å². The Kier molecular flexibility index (Phi) is 2.64. The largest absolute Gasteiger partial charge is 0.496 e. The minimum Gasteiger partial charge on any atom is -0.496 e. The lowest BCUT2D eigenvalue weighted by Gasteiger charge is -2.05. The highest BCUT2D eigenvalue weighted by Gasteiger charge is 2.11. The second kappa shape index (κ2) is 4.31. The maximum atomic E-state index is 6.01. The zero-order chi connectivity index (χ0) is 12.5. The molecule has 0 radical (unpaired) electrons. The summed E-state index contributed by atoms with van der Waals surface area (Å²) in [5, 5.41) is 0.643. The molecule has 0 aliphatic rings. The lowest BCUT2D eigenvalue weighted by molar-refractivity contribution is 0.416. The van der Waals surface area contributed by atoms with E-state index in [0.717, 1.165) is 28.2 Å². The summed E-state index contributed by atoms with van der Waals surface area (Å²) in [7, 11) is 1.62. The standard InChI is InChI=1S/C13H10ClN3O/c1-18-12-3-2-8(14)6-9(12)13-16-10-4-5-15-7-11(10)17-13/h2-7H,1H3,(H,16,17). The average molecular weight is 260 g/mol. The fraction of sp³-hybridized carbons (Fsp3) is 0.0769. The van der Waals surface area contributed by atoms with Crippen LogP contribution in [0.2, 0.25) is 5.02 Å². The molecule has 0 spiro atoms. The van der Waals surface area contributed by atoms with E-state index in [9.17, 15) is 0 Å². The van der Waals surface area contributed by atoms with Crippen molar-refractivity contribution in [3.05, 3.63) is 41.7 Å². The fourth-order valence-electron chi connectivity index (χ4n) is 1.85. The van der Waals surface area contributed by atoms with Gasteiger partial charge < -0.3 is 9.72 Å². The summed E-state index contributed by atoms with van der Waals surface area (Å²) in [6.07, 6.45) is 3.45. The first-order chi connectivity index (χ1) is 8.78. The number of ether oxygens (including phenoxy) is 1. The maximum absolute atomic E-state index is 6.01. The van der Waals surface area contributed by atoms with E-state index in [4.69, 9.17) is 16.3 Å². The third kappa shape index (κ3) is 1.80. The van der Waals surface area contributed by atoms with Crippen LogP contribution in [0.15, 0.2) is 36.7 Å². The van der Waals surface area contributed by atoms with E-state index >= 15 is 0 Å². The third-order valence-electron chi connectivity index (χ3n) is 2.70. The van der Waals surface area contributed by atoms with Gasteiger partial charge in [0, 0.05) is 11.2 Å². The monoisotopic (exact) mass is 259 g/mol. The minimum atomic E-state index is 0.643. The highest BCUT2D eigenvalue weighted by Crippen LogP contribution is 2.31. The van der Waals surface area contributed by atoms with Gasteiger partial charge in [0.25, 0.3) is 0 Å². The van der Waals surface area contributed by atoms with Gasteiger partial charge in [-0.15, -0.1) is 0 Å². The lowest BCUT2D eigenvalue weighted by atomic mass is 10.2. The Labute approximate surface area is 109 Å². The fourth-order valence-corrected chi connectivity index (χ4v) is 2.02. The van der Waals surface area contributed by atoms with Crippen molar-refractivity contribution < 1.29 is 4.74 Å². The Balaban J connectivity index is 2.22. The van der Waals surface area contributed by atoms with Gasteiger partial charge in [0.05, 0.1) is 29.9 Å². The van der Waals surface area contributed by atoms with Crippen LogP contribution in [0, 0.1) is 0 Å². The molecule has 0 aliphatic carbocycles. The molecule has 0 saturated carbocycles. The van der Waals surface area contributed by atoms with Crippen LogP contribution in [0.1, 0.15) is 0 Å². The van der Waals surface area contributed by atoms with Crippen LogP contribution in [0.4, 0.5) is 0 Å². The Bertz CT molecular complexity index is 675. The van der Waals surface area contributed by atoms with Crippen LogP contribution in [-0.4, -0.2) is 22.1 Å². The molecular weight excluding hydrogens is 250 g/mol. The van der Waals surface area contributed by atoms with Gasteiger partial charge in [-0.3, -0.25) is 4.98 Å². The number of H-pyrrole nitrogens is 1. The Morgan fingerprint density at radius 2 is 2.17 bits per heavy atom. The highest BCUT2D eigenvalue weighted by atomic mass is 35.5. The molecule has 2 aromatic heterocycles. The van der Waals surface area contributed by atoms with Gasteiger partial charge in [-0.25, -0.2) is 4.98 Å². The number of methoxy groups -OCH3 is 1. The zero-order valence-electron chi connectivity index (χ0n) is 9.64. The van der Waals surface area contributed by atoms with Crippen molar-refractivity contribution in [3.63, 3.8) is 0 Å². The Morgan fingerprint density at radius 1 is 1.28 bits per heavy atom. The predicted octanol–water partition coefficient (Wildman–Crippen LogP) is 3.29. The maximum Gasteiger partial charge on any atom is 0.142 e. The second-order valence-corrected chi connectivity index (χ2v) is 4.26. The van der Waals surface area contributed by atoms with Crippen LogP contribution in [0.5, 0.6) is 5.75 Å². The zero-order valence-corrected chi connectivity index (χ0v) is 10.4. The van der Waals surface area contributed by atoms with E-state index in [1.807, 2.05) is 18.2 Å². The van der Waals surface area contributed by atoms with E-state index in [1.165, 1.54) is 0 Å². The number of nitrogens with one attached hydrogen (secondary N) is 1. The van der Waals surface area contributed by atoms with Gasteiger partial charge >= 0.3 is 0 Å². The van der Waals surface area contributed by atoms with Crippen molar-refractivity contribution in [1.82, 2.24) is 15.0 Å². The van der Waals surface area contributed by atoms with Crippen molar-refractivity contribution >= 4 is 22.6 Å². The molecule has 0 atom stereocenters. The number of fused-ring (bicyclic) bond motifs is 1. The van der Waals surface area contributed by atoms with Crippen molar-refractivity contribution in [2.45, 2.75) is 0 Å². The summed E-state index contributed by atoms with van der Waals surface area (Å²) in [5.74, 6) is 1.45. The first kappa shape index (κ1) is 11.0. The van der Waals surface area contributed by atoms with Gasteiger partial charge in [-0.05, 0) is 24.3 Å².